The Bertz CT molecular complexity index is 828. The molecule has 11 heteroatoms. The van der Waals surface area contributed by atoms with Gasteiger partial charge in [0, 0.05) is 30.7 Å². The summed E-state index contributed by atoms with van der Waals surface area (Å²) in [5.41, 5.74) is -1.66. The lowest BCUT2D eigenvalue weighted by atomic mass is 10.2. The number of rotatable bonds is 4. The predicted octanol–water partition coefficient (Wildman–Crippen LogP) is 3.51. The number of anilines is 2. The lowest BCUT2D eigenvalue weighted by molar-refractivity contribution is 0.0496. The fraction of sp³-hybridized carbons (Fsp3) is 0.579. The SMILES string of the molecule is CC(C)(C)OC(=O)NC[C@H]1CN(c2cc(F)c(N3CCSCC3)c(F)c2F)C(=O)O1. The maximum atomic E-state index is 14.7. The Balaban J connectivity index is 1.71. The second-order valence-corrected chi connectivity index (χ2v) is 9.18. The first-order chi connectivity index (χ1) is 14.1. The molecule has 2 amide bonds. The molecule has 1 atom stereocenters. The number of hydrogen-bond donors (Lipinski definition) is 1. The third kappa shape index (κ3) is 5.05. The van der Waals surface area contributed by atoms with Crippen LogP contribution in [0.15, 0.2) is 6.07 Å². The number of halogens is 3. The van der Waals surface area contributed by atoms with E-state index in [-0.39, 0.29) is 13.1 Å². The molecule has 3 rings (SSSR count). The van der Waals surface area contributed by atoms with E-state index >= 15 is 0 Å². The highest BCUT2D eigenvalue weighted by molar-refractivity contribution is 7.99. The summed E-state index contributed by atoms with van der Waals surface area (Å²) in [5.74, 6) is -2.22. The van der Waals surface area contributed by atoms with Gasteiger partial charge < -0.3 is 19.7 Å². The van der Waals surface area contributed by atoms with E-state index in [0.29, 0.717) is 24.6 Å². The van der Waals surface area contributed by atoms with Crippen LogP contribution in [-0.4, -0.2) is 61.6 Å². The van der Waals surface area contributed by atoms with Gasteiger partial charge in [0.1, 0.15) is 17.4 Å². The van der Waals surface area contributed by atoms with E-state index in [0.717, 1.165) is 11.0 Å². The topological polar surface area (TPSA) is 71.1 Å². The summed E-state index contributed by atoms with van der Waals surface area (Å²) in [6, 6.07) is 0.806. The fourth-order valence-electron chi connectivity index (χ4n) is 3.18. The van der Waals surface area contributed by atoms with Crippen LogP contribution >= 0.6 is 11.8 Å². The Morgan fingerprint density at radius 2 is 1.93 bits per heavy atom. The Kier molecular flexibility index (Phi) is 6.59. The zero-order valence-corrected chi connectivity index (χ0v) is 17.8. The van der Waals surface area contributed by atoms with Gasteiger partial charge >= 0.3 is 12.2 Å². The van der Waals surface area contributed by atoms with Gasteiger partial charge in [-0.25, -0.2) is 22.8 Å². The number of amides is 2. The number of carbonyl (C=O) groups excluding carboxylic acids is 2. The van der Waals surface area contributed by atoms with Crippen molar-refractivity contribution in [1.82, 2.24) is 5.32 Å². The maximum Gasteiger partial charge on any atom is 0.414 e. The van der Waals surface area contributed by atoms with Crippen molar-refractivity contribution in [2.75, 3.05) is 47.5 Å². The maximum absolute atomic E-state index is 14.7. The molecule has 2 aliphatic heterocycles. The number of thioether (sulfide) groups is 1. The summed E-state index contributed by atoms with van der Waals surface area (Å²) in [7, 11) is 0. The van der Waals surface area contributed by atoms with Gasteiger partial charge in [-0.1, -0.05) is 0 Å². The second kappa shape index (κ2) is 8.83. The van der Waals surface area contributed by atoms with Crippen molar-refractivity contribution in [2.24, 2.45) is 0 Å². The van der Waals surface area contributed by atoms with E-state index in [9.17, 15) is 22.8 Å². The number of nitrogens with one attached hydrogen (secondary N) is 1. The minimum Gasteiger partial charge on any atom is -0.444 e. The first-order valence-electron chi connectivity index (χ1n) is 9.52. The average molecular weight is 447 g/mol. The van der Waals surface area contributed by atoms with Crippen molar-refractivity contribution in [1.29, 1.82) is 0 Å². The number of hydrogen-bond acceptors (Lipinski definition) is 6. The molecule has 0 unspecified atom stereocenters. The van der Waals surface area contributed by atoms with Crippen LogP contribution in [0.3, 0.4) is 0 Å². The van der Waals surface area contributed by atoms with Crippen LogP contribution in [0, 0.1) is 17.5 Å². The van der Waals surface area contributed by atoms with Gasteiger partial charge in [0.25, 0.3) is 0 Å². The summed E-state index contributed by atoms with van der Waals surface area (Å²) in [5, 5.41) is 2.45. The Morgan fingerprint density at radius 3 is 2.57 bits per heavy atom. The minimum atomic E-state index is -1.33. The predicted molar refractivity (Wildman–Crippen MR) is 108 cm³/mol. The van der Waals surface area contributed by atoms with Gasteiger partial charge in [-0.05, 0) is 20.8 Å². The molecule has 1 aromatic carbocycles. The highest BCUT2D eigenvalue weighted by atomic mass is 32.2. The van der Waals surface area contributed by atoms with Crippen molar-refractivity contribution in [2.45, 2.75) is 32.5 Å². The third-order valence-electron chi connectivity index (χ3n) is 4.48. The molecule has 2 saturated heterocycles. The normalized spacial score (nSPS) is 19.7. The van der Waals surface area contributed by atoms with Crippen molar-refractivity contribution in [3.05, 3.63) is 23.5 Å². The summed E-state index contributed by atoms with van der Waals surface area (Å²) in [6.45, 7) is 5.63. The number of benzene rings is 1. The lowest BCUT2D eigenvalue weighted by Crippen LogP contribution is -2.38. The summed E-state index contributed by atoms with van der Waals surface area (Å²) < 4.78 is 54.2. The van der Waals surface area contributed by atoms with Crippen LogP contribution in [0.25, 0.3) is 0 Å². The van der Waals surface area contributed by atoms with Gasteiger partial charge in [0.05, 0.1) is 18.8 Å². The molecule has 166 valence electrons. The molecular weight excluding hydrogens is 423 g/mol. The molecule has 2 fully saturated rings. The monoisotopic (exact) mass is 447 g/mol. The number of ether oxygens (including phenoxy) is 2. The first-order valence-corrected chi connectivity index (χ1v) is 10.7. The standard InChI is InChI=1S/C19H24F3N3O4S/c1-19(2,3)29-17(26)23-9-11-10-25(18(27)28-11)13-8-12(20)16(15(22)14(13)21)24-4-6-30-7-5-24/h8,11H,4-7,9-10H2,1-3H3,(H,23,26)/t11-/m0/s1. The van der Waals surface area contributed by atoms with E-state index in [2.05, 4.69) is 5.32 Å². The zero-order chi connectivity index (χ0) is 22.1. The molecule has 0 spiro atoms. The highest BCUT2D eigenvalue weighted by Gasteiger charge is 2.37. The van der Waals surface area contributed by atoms with E-state index in [1.165, 1.54) is 4.90 Å². The Morgan fingerprint density at radius 1 is 1.27 bits per heavy atom. The molecular formula is C19H24F3N3O4S. The highest BCUT2D eigenvalue weighted by Crippen LogP contribution is 2.35. The summed E-state index contributed by atoms with van der Waals surface area (Å²) >= 11 is 1.65. The Labute approximate surface area is 176 Å². The van der Waals surface area contributed by atoms with Crippen molar-refractivity contribution >= 4 is 35.3 Å². The van der Waals surface area contributed by atoms with Gasteiger partial charge in [-0.2, -0.15) is 11.8 Å². The molecule has 2 aliphatic rings. The molecule has 0 aliphatic carbocycles. The van der Waals surface area contributed by atoms with Crippen LogP contribution in [0.5, 0.6) is 0 Å². The zero-order valence-electron chi connectivity index (χ0n) is 17.0. The van der Waals surface area contributed by atoms with Crippen molar-refractivity contribution < 1.29 is 32.2 Å². The molecule has 0 aromatic heterocycles. The van der Waals surface area contributed by atoms with Gasteiger partial charge in [-0.3, -0.25) is 4.90 Å². The van der Waals surface area contributed by atoms with Crippen molar-refractivity contribution in [3.8, 4) is 0 Å². The number of nitrogens with zero attached hydrogens (tertiary/aromatic N) is 2. The number of carbonyl (C=O) groups is 2. The molecule has 1 aromatic rings. The van der Waals surface area contributed by atoms with Crippen LogP contribution in [0.2, 0.25) is 0 Å². The van der Waals surface area contributed by atoms with Crippen molar-refractivity contribution in [3.63, 3.8) is 0 Å². The summed E-state index contributed by atoms with van der Waals surface area (Å²) in [6.07, 6.45) is -2.48. The molecule has 1 N–H and O–H groups in total. The minimum absolute atomic E-state index is 0.0900. The van der Waals surface area contributed by atoms with Crippen LogP contribution in [-0.2, 0) is 9.47 Å². The smallest absolute Gasteiger partial charge is 0.414 e. The quantitative estimate of drug-likeness (QED) is 0.713. The van der Waals surface area contributed by atoms with Crippen LogP contribution in [0.1, 0.15) is 20.8 Å². The van der Waals surface area contributed by atoms with Gasteiger partial charge in [-0.15, -0.1) is 0 Å². The van der Waals surface area contributed by atoms with E-state index in [1.807, 2.05) is 0 Å². The number of cyclic esters (lactones) is 1. The van der Waals surface area contributed by atoms with Gasteiger partial charge in [0.2, 0.25) is 0 Å². The third-order valence-corrected chi connectivity index (χ3v) is 5.42. The van der Waals surface area contributed by atoms with Crippen LogP contribution < -0.4 is 15.1 Å². The molecule has 0 bridgehead atoms. The van der Waals surface area contributed by atoms with E-state index in [4.69, 9.17) is 9.47 Å². The fourth-order valence-corrected chi connectivity index (χ4v) is 4.09. The molecule has 0 radical (unpaired) electrons. The average Bonchev–Trinajstić information content (AvgIpc) is 3.03. The molecule has 0 saturated carbocycles. The molecule has 2 heterocycles. The van der Waals surface area contributed by atoms with Gasteiger partial charge in [0.15, 0.2) is 17.5 Å². The molecule has 30 heavy (non-hydrogen) atoms. The Hall–Kier alpha value is -2.30. The van der Waals surface area contributed by atoms with Crippen LogP contribution in [0.4, 0.5) is 34.1 Å². The van der Waals surface area contributed by atoms with E-state index in [1.54, 1.807) is 32.5 Å². The summed E-state index contributed by atoms with van der Waals surface area (Å²) in [4.78, 5) is 26.2. The first kappa shape index (κ1) is 22.4. The van der Waals surface area contributed by atoms with E-state index < -0.39 is 52.7 Å². The lowest BCUT2D eigenvalue weighted by Gasteiger charge is -2.29. The second-order valence-electron chi connectivity index (χ2n) is 7.95. The molecule has 7 nitrogen and oxygen atoms in total. The number of alkyl carbamates (subject to hydrolysis) is 1. The largest absolute Gasteiger partial charge is 0.444 e.